The van der Waals surface area contributed by atoms with Gasteiger partial charge in [0.05, 0.1) is 0 Å². The Hall–Kier alpha value is -0.770. The van der Waals surface area contributed by atoms with Gasteiger partial charge in [-0.05, 0) is 43.8 Å². The SMILES string of the molecule is CC1CN(Cc2cc(N)ccc2Cl)CC1N(C)C. The molecular formula is C14H22ClN3. The summed E-state index contributed by atoms with van der Waals surface area (Å²) in [6, 6.07) is 6.34. The largest absolute Gasteiger partial charge is 0.399 e. The van der Waals surface area contributed by atoms with Crippen molar-refractivity contribution in [1.29, 1.82) is 0 Å². The summed E-state index contributed by atoms with van der Waals surface area (Å²) in [6.45, 7) is 5.41. The molecule has 18 heavy (non-hydrogen) atoms. The molecule has 0 aromatic heterocycles. The topological polar surface area (TPSA) is 32.5 Å². The molecule has 2 rings (SSSR count). The number of likely N-dealkylation sites (N-methyl/N-ethyl adjacent to an activating group) is 1. The van der Waals surface area contributed by atoms with Crippen molar-refractivity contribution < 1.29 is 0 Å². The second-order valence-electron chi connectivity index (χ2n) is 5.55. The van der Waals surface area contributed by atoms with Gasteiger partial charge in [-0.25, -0.2) is 0 Å². The summed E-state index contributed by atoms with van der Waals surface area (Å²) in [7, 11) is 4.30. The van der Waals surface area contributed by atoms with E-state index in [0.29, 0.717) is 12.0 Å². The Morgan fingerprint density at radius 1 is 1.39 bits per heavy atom. The molecule has 0 saturated carbocycles. The number of nitrogen functional groups attached to an aromatic ring is 1. The maximum absolute atomic E-state index is 6.22. The predicted octanol–water partition coefficient (Wildman–Crippen LogP) is 2.30. The highest BCUT2D eigenvalue weighted by Crippen LogP contribution is 2.25. The lowest BCUT2D eigenvalue weighted by molar-refractivity contribution is 0.250. The minimum absolute atomic E-state index is 0.629. The third-order valence-corrected chi connectivity index (χ3v) is 4.14. The standard InChI is InChI=1S/C14H22ClN3/c1-10-7-18(9-14(10)17(2)3)8-11-6-12(16)4-5-13(11)15/h4-6,10,14H,7-9,16H2,1-3H3. The second-order valence-corrected chi connectivity index (χ2v) is 5.96. The summed E-state index contributed by atoms with van der Waals surface area (Å²) in [5.74, 6) is 0.694. The highest BCUT2D eigenvalue weighted by molar-refractivity contribution is 6.31. The first kappa shape index (κ1) is 13.7. The van der Waals surface area contributed by atoms with E-state index in [0.717, 1.165) is 35.9 Å². The zero-order valence-electron chi connectivity index (χ0n) is 11.4. The quantitative estimate of drug-likeness (QED) is 0.853. The Bertz CT molecular complexity index is 420. The molecule has 1 fully saturated rings. The Labute approximate surface area is 115 Å². The van der Waals surface area contributed by atoms with Crippen LogP contribution in [0.15, 0.2) is 18.2 Å². The number of anilines is 1. The minimum Gasteiger partial charge on any atom is -0.399 e. The smallest absolute Gasteiger partial charge is 0.0452 e. The first-order chi connectivity index (χ1) is 8.47. The van der Waals surface area contributed by atoms with Gasteiger partial charge in [-0.1, -0.05) is 18.5 Å². The van der Waals surface area contributed by atoms with Crippen LogP contribution in [0, 0.1) is 5.92 Å². The first-order valence-corrected chi connectivity index (χ1v) is 6.78. The lowest BCUT2D eigenvalue weighted by Crippen LogP contribution is -2.34. The van der Waals surface area contributed by atoms with E-state index in [4.69, 9.17) is 17.3 Å². The summed E-state index contributed by atoms with van der Waals surface area (Å²) >= 11 is 6.22. The fraction of sp³-hybridized carbons (Fsp3) is 0.571. The van der Waals surface area contributed by atoms with Crippen LogP contribution in [0.2, 0.25) is 5.02 Å². The number of nitrogens with zero attached hydrogens (tertiary/aromatic N) is 2. The number of hydrogen-bond donors (Lipinski definition) is 1. The van der Waals surface area contributed by atoms with Gasteiger partial charge in [0.1, 0.15) is 0 Å². The Kier molecular flexibility index (Phi) is 4.15. The molecule has 2 atom stereocenters. The lowest BCUT2D eigenvalue weighted by Gasteiger charge is -2.22. The van der Waals surface area contributed by atoms with Crippen LogP contribution < -0.4 is 5.73 Å². The third-order valence-electron chi connectivity index (χ3n) is 3.78. The van der Waals surface area contributed by atoms with E-state index < -0.39 is 0 Å². The van der Waals surface area contributed by atoms with Crippen LogP contribution in [-0.4, -0.2) is 43.0 Å². The molecule has 1 aromatic carbocycles. The van der Waals surface area contributed by atoms with Gasteiger partial charge in [-0.3, -0.25) is 4.90 Å². The van der Waals surface area contributed by atoms with Crippen molar-refractivity contribution in [2.45, 2.75) is 19.5 Å². The van der Waals surface area contributed by atoms with Crippen LogP contribution in [0.1, 0.15) is 12.5 Å². The van der Waals surface area contributed by atoms with E-state index >= 15 is 0 Å². The molecular weight excluding hydrogens is 246 g/mol. The van der Waals surface area contributed by atoms with Gasteiger partial charge in [0.15, 0.2) is 0 Å². The molecule has 2 N–H and O–H groups in total. The van der Waals surface area contributed by atoms with Gasteiger partial charge in [-0.2, -0.15) is 0 Å². The molecule has 0 radical (unpaired) electrons. The summed E-state index contributed by atoms with van der Waals surface area (Å²) in [4.78, 5) is 4.77. The molecule has 1 aromatic rings. The Morgan fingerprint density at radius 2 is 2.11 bits per heavy atom. The number of rotatable bonds is 3. The zero-order valence-corrected chi connectivity index (χ0v) is 12.1. The molecule has 4 heteroatoms. The van der Waals surface area contributed by atoms with Crippen molar-refractivity contribution in [2.24, 2.45) is 5.92 Å². The van der Waals surface area contributed by atoms with Crippen molar-refractivity contribution in [1.82, 2.24) is 9.80 Å². The predicted molar refractivity (Wildman–Crippen MR) is 77.8 cm³/mol. The number of nitrogens with two attached hydrogens (primary N) is 1. The molecule has 1 aliphatic rings. The monoisotopic (exact) mass is 267 g/mol. The van der Waals surface area contributed by atoms with Gasteiger partial charge < -0.3 is 10.6 Å². The van der Waals surface area contributed by atoms with E-state index in [1.54, 1.807) is 0 Å². The van der Waals surface area contributed by atoms with Crippen LogP contribution >= 0.6 is 11.6 Å². The summed E-state index contributed by atoms with van der Waals surface area (Å²) in [6.07, 6.45) is 0. The van der Waals surface area contributed by atoms with Gasteiger partial charge in [0.25, 0.3) is 0 Å². The van der Waals surface area contributed by atoms with Crippen molar-refractivity contribution in [3.05, 3.63) is 28.8 Å². The average molecular weight is 268 g/mol. The molecule has 0 aliphatic carbocycles. The zero-order chi connectivity index (χ0) is 13.3. The third kappa shape index (κ3) is 2.97. The highest BCUT2D eigenvalue weighted by Gasteiger charge is 2.30. The molecule has 100 valence electrons. The van der Waals surface area contributed by atoms with Crippen LogP contribution in [0.3, 0.4) is 0 Å². The molecule has 0 bridgehead atoms. The molecule has 1 aliphatic heterocycles. The molecule has 0 spiro atoms. The number of benzene rings is 1. The van der Waals surface area contributed by atoms with Gasteiger partial charge in [0.2, 0.25) is 0 Å². The first-order valence-electron chi connectivity index (χ1n) is 6.40. The van der Waals surface area contributed by atoms with E-state index in [1.165, 1.54) is 0 Å². The number of halogens is 1. The normalized spacial score (nSPS) is 24.9. The molecule has 1 saturated heterocycles. The van der Waals surface area contributed by atoms with Crippen molar-refractivity contribution >= 4 is 17.3 Å². The summed E-state index contributed by atoms with van der Waals surface area (Å²) in [5, 5.41) is 0.810. The van der Waals surface area contributed by atoms with Crippen molar-refractivity contribution in [2.75, 3.05) is 32.9 Å². The van der Waals surface area contributed by atoms with E-state index in [9.17, 15) is 0 Å². The Balaban J connectivity index is 2.05. The molecule has 1 heterocycles. The van der Waals surface area contributed by atoms with Crippen molar-refractivity contribution in [3.63, 3.8) is 0 Å². The maximum Gasteiger partial charge on any atom is 0.0452 e. The Morgan fingerprint density at radius 3 is 2.72 bits per heavy atom. The van der Waals surface area contributed by atoms with Crippen LogP contribution in [-0.2, 0) is 6.54 Å². The molecule has 2 unspecified atom stereocenters. The van der Waals surface area contributed by atoms with Gasteiger partial charge >= 0.3 is 0 Å². The maximum atomic E-state index is 6.22. The van der Waals surface area contributed by atoms with Gasteiger partial charge in [0, 0.05) is 36.4 Å². The number of hydrogen-bond acceptors (Lipinski definition) is 3. The highest BCUT2D eigenvalue weighted by atomic mass is 35.5. The van der Waals surface area contributed by atoms with Crippen molar-refractivity contribution in [3.8, 4) is 0 Å². The van der Waals surface area contributed by atoms with E-state index in [2.05, 4.69) is 30.8 Å². The van der Waals surface area contributed by atoms with Crippen LogP contribution in [0.4, 0.5) is 5.69 Å². The lowest BCUT2D eigenvalue weighted by atomic mass is 10.1. The number of likely N-dealkylation sites (tertiary alicyclic amines) is 1. The van der Waals surface area contributed by atoms with Crippen LogP contribution in [0.5, 0.6) is 0 Å². The fourth-order valence-electron chi connectivity index (χ4n) is 2.81. The summed E-state index contributed by atoms with van der Waals surface area (Å²) < 4.78 is 0. The van der Waals surface area contributed by atoms with Gasteiger partial charge in [-0.15, -0.1) is 0 Å². The molecule has 0 amide bonds. The average Bonchev–Trinajstić information content (AvgIpc) is 2.65. The minimum atomic E-state index is 0.629. The second kappa shape index (κ2) is 5.47. The van der Waals surface area contributed by atoms with E-state index in [-0.39, 0.29) is 0 Å². The van der Waals surface area contributed by atoms with Crippen LogP contribution in [0.25, 0.3) is 0 Å². The fourth-order valence-corrected chi connectivity index (χ4v) is 2.98. The molecule has 3 nitrogen and oxygen atoms in total. The summed E-state index contributed by atoms with van der Waals surface area (Å²) in [5.41, 5.74) is 7.73. The van der Waals surface area contributed by atoms with E-state index in [1.807, 2.05) is 18.2 Å².